The third kappa shape index (κ3) is 2.36. The highest BCUT2D eigenvalue weighted by atomic mass is 79.9. The van der Waals surface area contributed by atoms with Crippen molar-refractivity contribution in [3.63, 3.8) is 0 Å². The van der Waals surface area contributed by atoms with E-state index in [9.17, 15) is 4.39 Å². The maximum atomic E-state index is 13.9. The van der Waals surface area contributed by atoms with Gasteiger partial charge in [0.15, 0.2) is 5.22 Å². The van der Waals surface area contributed by atoms with Crippen molar-refractivity contribution in [2.45, 2.75) is 6.04 Å². The van der Waals surface area contributed by atoms with E-state index in [0.717, 1.165) is 0 Å². The van der Waals surface area contributed by atoms with Gasteiger partial charge in [0, 0.05) is 15.6 Å². The number of hydrogen-bond donors (Lipinski definition) is 1. The normalized spacial score (nSPS) is 12.8. The minimum absolute atomic E-state index is 0.00225. The summed E-state index contributed by atoms with van der Waals surface area (Å²) in [6, 6.07) is 4.07. The summed E-state index contributed by atoms with van der Waals surface area (Å²) in [5, 5.41) is 0.147. The van der Waals surface area contributed by atoms with E-state index in [2.05, 4.69) is 15.9 Å². The third-order valence-electron chi connectivity index (χ3n) is 2.38. The molecule has 0 saturated heterocycles. The second-order valence-corrected chi connectivity index (χ2v) is 4.97. The van der Waals surface area contributed by atoms with Gasteiger partial charge >= 0.3 is 0 Å². The standard InChI is InChI=1S/C11H7BrCl2FNO/c12-7-2-1-5(9(15)8(7)13)10(16)6-3-4-17-11(6)14/h1-4,10H,16H2. The molecule has 2 nitrogen and oxygen atoms in total. The summed E-state index contributed by atoms with van der Waals surface area (Å²) in [5.74, 6) is -0.564. The molecule has 0 saturated carbocycles. The topological polar surface area (TPSA) is 39.2 Å². The number of hydrogen-bond acceptors (Lipinski definition) is 2. The van der Waals surface area contributed by atoms with Crippen molar-refractivity contribution in [2.24, 2.45) is 5.73 Å². The van der Waals surface area contributed by atoms with Crippen LogP contribution in [0.1, 0.15) is 17.2 Å². The van der Waals surface area contributed by atoms with E-state index >= 15 is 0 Å². The van der Waals surface area contributed by atoms with E-state index in [1.807, 2.05) is 0 Å². The highest BCUT2D eigenvalue weighted by Gasteiger charge is 2.20. The molecule has 0 spiro atoms. The average molecular weight is 339 g/mol. The Bertz CT molecular complexity index is 558. The molecule has 0 radical (unpaired) electrons. The van der Waals surface area contributed by atoms with Gasteiger partial charge in [0.25, 0.3) is 0 Å². The molecule has 0 aliphatic heterocycles. The highest BCUT2D eigenvalue weighted by molar-refractivity contribution is 9.10. The maximum absolute atomic E-state index is 13.9. The molecule has 2 N–H and O–H groups in total. The molecule has 0 fully saturated rings. The fourth-order valence-corrected chi connectivity index (χ4v) is 2.19. The summed E-state index contributed by atoms with van der Waals surface area (Å²) in [7, 11) is 0. The smallest absolute Gasteiger partial charge is 0.198 e. The molecule has 17 heavy (non-hydrogen) atoms. The molecule has 1 aromatic heterocycles. The summed E-state index contributed by atoms with van der Waals surface area (Å²) in [4.78, 5) is 0. The van der Waals surface area contributed by atoms with Crippen molar-refractivity contribution in [3.8, 4) is 0 Å². The van der Waals surface area contributed by atoms with Gasteiger partial charge < -0.3 is 10.2 Å². The Kier molecular flexibility index (Phi) is 3.78. The predicted molar refractivity (Wildman–Crippen MR) is 68.9 cm³/mol. The zero-order chi connectivity index (χ0) is 12.6. The number of nitrogens with two attached hydrogens (primary N) is 1. The number of halogens is 4. The predicted octanol–water partition coefficient (Wildman–Crippen LogP) is 4.54. The van der Waals surface area contributed by atoms with E-state index in [-0.39, 0.29) is 15.8 Å². The van der Waals surface area contributed by atoms with Gasteiger partial charge in [-0.2, -0.15) is 0 Å². The van der Waals surface area contributed by atoms with Gasteiger partial charge in [-0.3, -0.25) is 0 Å². The van der Waals surface area contributed by atoms with Crippen LogP contribution in [0.4, 0.5) is 4.39 Å². The van der Waals surface area contributed by atoms with Crippen LogP contribution in [-0.4, -0.2) is 0 Å². The Morgan fingerprint density at radius 1 is 1.24 bits per heavy atom. The lowest BCUT2D eigenvalue weighted by atomic mass is 10.0. The number of furan rings is 1. The second kappa shape index (κ2) is 4.98. The van der Waals surface area contributed by atoms with Crippen LogP contribution in [0.3, 0.4) is 0 Å². The molecule has 0 aliphatic carbocycles. The molecule has 1 aromatic carbocycles. The monoisotopic (exact) mass is 337 g/mol. The van der Waals surface area contributed by atoms with E-state index in [0.29, 0.717) is 10.0 Å². The van der Waals surface area contributed by atoms with Crippen LogP contribution in [-0.2, 0) is 0 Å². The minimum atomic E-state index is -0.716. The van der Waals surface area contributed by atoms with Crippen molar-refractivity contribution in [1.29, 1.82) is 0 Å². The quantitative estimate of drug-likeness (QED) is 0.817. The Morgan fingerprint density at radius 3 is 2.53 bits per heavy atom. The first kappa shape index (κ1) is 12.9. The van der Waals surface area contributed by atoms with Crippen LogP contribution >= 0.6 is 39.1 Å². The molecule has 6 heteroatoms. The molecule has 1 unspecified atom stereocenters. The molecule has 90 valence electrons. The summed E-state index contributed by atoms with van der Waals surface area (Å²) in [6.45, 7) is 0. The van der Waals surface area contributed by atoms with Crippen molar-refractivity contribution < 1.29 is 8.81 Å². The van der Waals surface area contributed by atoms with Gasteiger partial charge in [-0.25, -0.2) is 4.39 Å². The van der Waals surface area contributed by atoms with Gasteiger partial charge in [0.2, 0.25) is 0 Å². The van der Waals surface area contributed by atoms with Crippen LogP contribution in [0.5, 0.6) is 0 Å². The van der Waals surface area contributed by atoms with Gasteiger partial charge in [-0.1, -0.05) is 17.7 Å². The maximum Gasteiger partial charge on any atom is 0.198 e. The molecular weight excluding hydrogens is 332 g/mol. The molecule has 0 amide bonds. The zero-order valence-corrected chi connectivity index (χ0v) is 11.5. The second-order valence-electron chi connectivity index (χ2n) is 3.39. The van der Waals surface area contributed by atoms with Crippen LogP contribution in [0, 0.1) is 5.82 Å². The minimum Gasteiger partial charge on any atom is -0.453 e. The first-order chi connectivity index (χ1) is 8.02. The van der Waals surface area contributed by atoms with E-state index in [4.69, 9.17) is 33.4 Å². The Morgan fingerprint density at radius 2 is 1.94 bits per heavy atom. The van der Waals surface area contributed by atoms with Crippen LogP contribution in [0.2, 0.25) is 10.2 Å². The summed E-state index contributed by atoms with van der Waals surface area (Å²) < 4.78 is 19.3. The van der Waals surface area contributed by atoms with Crippen LogP contribution in [0.15, 0.2) is 33.4 Å². The zero-order valence-electron chi connectivity index (χ0n) is 8.38. The average Bonchev–Trinajstić information content (AvgIpc) is 2.72. The molecule has 1 heterocycles. The van der Waals surface area contributed by atoms with E-state index in [1.165, 1.54) is 6.26 Å². The van der Waals surface area contributed by atoms with Gasteiger partial charge in [-0.05, 0) is 39.7 Å². The van der Waals surface area contributed by atoms with Crippen LogP contribution < -0.4 is 5.73 Å². The SMILES string of the molecule is NC(c1ccoc1Cl)c1ccc(Br)c(Cl)c1F. The molecule has 2 rings (SSSR count). The number of rotatable bonds is 2. The molecule has 1 atom stereocenters. The van der Waals surface area contributed by atoms with E-state index in [1.54, 1.807) is 18.2 Å². The lowest BCUT2D eigenvalue weighted by Gasteiger charge is -2.13. The first-order valence-electron chi connectivity index (χ1n) is 4.64. The Balaban J connectivity index is 2.48. The van der Waals surface area contributed by atoms with Crippen molar-refractivity contribution in [1.82, 2.24) is 0 Å². The molecular formula is C11H7BrCl2FNO. The molecule has 0 aliphatic rings. The highest BCUT2D eigenvalue weighted by Crippen LogP contribution is 2.34. The van der Waals surface area contributed by atoms with E-state index < -0.39 is 11.9 Å². The summed E-state index contributed by atoms with van der Waals surface area (Å²) in [6.07, 6.45) is 1.40. The fourth-order valence-electron chi connectivity index (χ4n) is 1.48. The van der Waals surface area contributed by atoms with Gasteiger partial charge in [0.05, 0.1) is 17.3 Å². The Labute approximate surface area is 116 Å². The third-order valence-corrected chi connectivity index (χ3v) is 3.95. The van der Waals surface area contributed by atoms with Crippen LogP contribution in [0.25, 0.3) is 0 Å². The lowest BCUT2D eigenvalue weighted by Crippen LogP contribution is -2.13. The Hall–Kier alpha value is -0.550. The number of benzene rings is 1. The van der Waals surface area contributed by atoms with Crippen molar-refractivity contribution >= 4 is 39.1 Å². The van der Waals surface area contributed by atoms with Crippen molar-refractivity contribution in [2.75, 3.05) is 0 Å². The largest absolute Gasteiger partial charge is 0.453 e. The first-order valence-corrected chi connectivity index (χ1v) is 6.19. The summed E-state index contributed by atoms with van der Waals surface area (Å²) >= 11 is 14.7. The molecule has 2 aromatic rings. The van der Waals surface area contributed by atoms with Gasteiger partial charge in [-0.15, -0.1) is 0 Å². The lowest BCUT2D eigenvalue weighted by molar-refractivity contribution is 0.561. The van der Waals surface area contributed by atoms with Gasteiger partial charge in [0.1, 0.15) is 5.82 Å². The molecule has 0 bridgehead atoms. The summed E-state index contributed by atoms with van der Waals surface area (Å²) in [5.41, 5.74) is 6.71. The van der Waals surface area contributed by atoms with Crippen molar-refractivity contribution in [3.05, 3.63) is 56.1 Å². The fraction of sp³-hybridized carbons (Fsp3) is 0.0909.